The number of nitrogens with zero attached hydrogens (tertiary/aromatic N) is 2. The van der Waals surface area contributed by atoms with Crippen molar-refractivity contribution in [2.75, 3.05) is 18.0 Å². The number of anilines is 1. The van der Waals surface area contributed by atoms with E-state index in [4.69, 9.17) is 5.11 Å². The third-order valence-electron chi connectivity index (χ3n) is 2.66. The Morgan fingerprint density at radius 3 is 2.53 bits per heavy atom. The second-order valence-corrected chi connectivity index (χ2v) is 3.84. The van der Waals surface area contributed by atoms with Crippen LogP contribution in [0.4, 0.5) is 10.2 Å². The fourth-order valence-corrected chi connectivity index (χ4v) is 1.76. The number of halogens is 1. The average Bonchev–Trinajstić information content (AvgIpc) is 2.59. The van der Waals surface area contributed by atoms with E-state index in [0.717, 1.165) is 6.07 Å². The summed E-state index contributed by atoms with van der Waals surface area (Å²) in [6.45, 7) is 0.0440. The van der Waals surface area contributed by atoms with Gasteiger partial charge in [0.25, 0.3) is 0 Å². The van der Waals surface area contributed by atoms with Gasteiger partial charge in [-0.15, -0.1) is 0 Å². The van der Waals surface area contributed by atoms with Gasteiger partial charge in [0.15, 0.2) is 11.6 Å². The number of β-amino-alcohol motifs (C(OH)–C–C–N with tert-alkyl or cyclic N) is 2. The van der Waals surface area contributed by atoms with Crippen LogP contribution in [0.3, 0.4) is 0 Å². The van der Waals surface area contributed by atoms with Gasteiger partial charge in [-0.1, -0.05) is 0 Å². The maximum absolute atomic E-state index is 13.8. The predicted octanol–water partition coefficient (Wildman–Crippen LogP) is -0.539. The maximum atomic E-state index is 13.8. The summed E-state index contributed by atoms with van der Waals surface area (Å²) in [6, 6.07) is 1.06. The number of carboxylic acid groups (broad SMARTS) is 1. The van der Waals surface area contributed by atoms with Crippen molar-refractivity contribution in [1.82, 2.24) is 4.98 Å². The van der Waals surface area contributed by atoms with Crippen molar-refractivity contribution < 1.29 is 24.5 Å². The summed E-state index contributed by atoms with van der Waals surface area (Å²) in [5, 5.41) is 27.4. The summed E-state index contributed by atoms with van der Waals surface area (Å²) in [7, 11) is 0. The normalized spacial score (nSPS) is 24.1. The molecule has 1 aromatic rings. The molecule has 1 aliphatic heterocycles. The zero-order chi connectivity index (χ0) is 12.6. The minimum atomic E-state index is -1.38. The van der Waals surface area contributed by atoms with Gasteiger partial charge in [-0.3, -0.25) is 0 Å². The summed E-state index contributed by atoms with van der Waals surface area (Å²) < 4.78 is 13.8. The fourth-order valence-electron chi connectivity index (χ4n) is 1.76. The zero-order valence-electron chi connectivity index (χ0n) is 8.75. The minimum absolute atomic E-state index is 0.0220. The molecule has 0 aliphatic carbocycles. The van der Waals surface area contributed by atoms with Crippen LogP contribution in [0.25, 0.3) is 0 Å². The quantitative estimate of drug-likeness (QED) is 0.645. The molecule has 0 radical (unpaired) electrons. The number of aliphatic hydroxyl groups excluding tert-OH is 2. The Bertz CT molecular complexity index is 444. The first kappa shape index (κ1) is 11.7. The Morgan fingerprint density at radius 1 is 1.41 bits per heavy atom. The van der Waals surface area contributed by atoms with Gasteiger partial charge in [0.05, 0.1) is 12.2 Å². The molecule has 2 heterocycles. The molecule has 2 rings (SSSR count). The van der Waals surface area contributed by atoms with Crippen molar-refractivity contribution >= 4 is 11.8 Å². The lowest BCUT2D eigenvalue weighted by molar-refractivity contribution is 0.0572. The van der Waals surface area contributed by atoms with Gasteiger partial charge >= 0.3 is 5.97 Å². The summed E-state index contributed by atoms with van der Waals surface area (Å²) in [4.78, 5) is 15.8. The molecule has 7 heteroatoms. The van der Waals surface area contributed by atoms with Crippen molar-refractivity contribution in [2.45, 2.75) is 12.2 Å². The van der Waals surface area contributed by atoms with E-state index in [-0.39, 0.29) is 18.9 Å². The second-order valence-electron chi connectivity index (χ2n) is 3.84. The molecule has 1 aliphatic rings. The third-order valence-corrected chi connectivity index (χ3v) is 2.66. The monoisotopic (exact) mass is 242 g/mol. The highest BCUT2D eigenvalue weighted by atomic mass is 19.1. The molecule has 6 nitrogen and oxygen atoms in total. The topological polar surface area (TPSA) is 93.9 Å². The minimum Gasteiger partial charge on any atom is -0.478 e. The van der Waals surface area contributed by atoms with Crippen LogP contribution >= 0.6 is 0 Å². The van der Waals surface area contributed by atoms with Crippen LogP contribution < -0.4 is 4.90 Å². The Balaban J connectivity index is 2.34. The lowest BCUT2D eigenvalue weighted by Gasteiger charge is -2.17. The number of hydrogen-bond donors (Lipinski definition) is 3. The molecule has 2 unspecified atom stereocenters. The van der Waals surface area contributed by atoms with E-state index in [2.05, 4.69) is 4.98 Å². The SMILES string of the molecule is O=C(O)c1ccnc(N2CC(O)C(O)C2)c1F. The molecule has 1 aromatic heterocycles. The summed E-state index contributed by atoms with van der Waals surface area (Å²) in [5.74, 6) is -2.51. The molecule has 1 fully saturated rings. The molecule has 92 valence electrons. The Labute approximate surface area is 95.9 Å². The number of carboxylic acids is 1. The number of carbonyl (C=O) groups is 1. The molecule has 0 saturated carbocycles. The standard InChI is InChI=1S/C10H11FN2O4/c11-8-5(10(16)17)1-2-12-9(8)13-3-6(14)7(15)4-13/h1-2,6-7,14-15H,3-4H2,(H,16,17). The molecule has 1 saturated heterocycles. The molecular weight excluding hydrogens is 231 g/mol. The number of aromatic nitrogens is 1. The van der Waals surface area contributed by atoms with E-state index >= 15 is 0 Å². The Morgan fingerprint density at radius 2 is 2.00 bits per heavy atom. The van der Waals surface area contributed by atoms with Gasteiger partial charge in [0.2, 0.25) is 0 Å². The molecule has 0 amide bonds. The first-order chi connectivity index (χ1) is 8.00. The molecule has 0 aromatic carbocycles. The summed E-state index contributed by atoms with van der Waals surface area (Å²) in [6.07, 6.45) is -0.784. The van der Waals surface area contributed by atoms with E-state index in [1.165, 1.54) is 11.1 Å². The first-order valence-corrected chi connectivity index (χ1v) is 4.99. The zero-order valence-corrected chi connectivity index (χ0v) is 8.75. The van der Waals surface area contributed by atoms with E-state index in [9.17, 15) is 19.4 Å². The van der Waals surface area contributed by atoms with Crippen molar-refractivity contribution in [3.8, 4) is 0 Å². The van der Waals surface area contributed by atoms with Crippen LogP contribution in [0.5, 0.6) is 0 Å². The van der Waals surface area contributed by atoms with Crippen molar-refractivity contribution in [2.24, 2.45) is 0 Å². The van der Waals surface area contributed by atoms with Crippen LogP contribution in [0.15, 0.2) is 12.3 Å². The Hall–Kier alpha value is -1.73. The van der Waals surface area contributed by atoms with Gasteiger partial charge in [0, 0.05) is 19.3 Å². The molecular formula is C10H11FN2O4. The van der Waals surface area contributed by atoms with E-state index in [1.54, 1.807) is 0 Å². The molecule has 0 spiro atoms. The lowest BCUT2D eigenvalue weighted by atomic mass is 10.2. The second kappa shape index (κ2) is 4.27. The van der Waals surface area contributed by atoms with Crippen LogP contribution in [0.2, 0.25) is 0 Å². The summed E-state index contributed by atoms with van der Waals surface area (Å²) >= 11 is 0. The number of aliphatic hydroxyl groups is 2. The summed E-state index contributed by atoms with van der Waals surface area (Å²) in [5.41, 5.74) is -0.481. The average molecular weight is 242 g/mol. The van der Waals surface area contributed by atoms with Gasteiger partial charge in [-0.2, -0.15) is 0 Å². The van der Waals surface area contributed by atoms with Gasteiger partial charge in [0.1, 0.15) is 5.56 Å². The predicted molar refractivity (Wildman–Crippen MR) is 55.4 cm³/mol. The Kier molecular flexibility index (Phi) is 2.95. The highest BCUT2D eigenvalue weighted by molar-refractivity contribution is 5.88. The first-order valence-electron chi connectivity index (χ1n) is 4.99. The van der Waals surface area contributed by atoms with E-state index < -0.39 is 29.6 Å². The number of pyridine rings is 1. The van der Waals surface area contributed by atoms with E-state index in [0.29, 0.717) is 0 Å². The van der Waals surface area contributed by atoms with E-state index in [1.807, 2.05) is 0 Å². The fraction of sp³-hybridized carbons (Fsp3) is 0.400. The van der Waals surface area contributed by atoms with Crippen LogP contribution in [-0.4, -0.2) is 51.6 Å². The highest BCUT2D eigenvalue weighted by Crippen LogP contribution is 2.23. The van der Waals surface area contributed by atoms with Gasteiger partial charge in [-0.05, 0) is 6.07 Å². The van der Waals surface area contributed by atoms with Crippen molar-refractivity contribution in [3.63, 3.8) is 0 Å². The number of rotatable bonds is 2. The van der Waals surface area contributed by atoms with Crippen molar-refractivity contribution in [3.05, 3.63) is 23.6 Å². The van der Waals surface area contributed by atoms with Gasteiger partial charge in [-0.25, -0.2) is 14.2 Å². The number of aromatic carboxylic acids is 1. The van der Waals surface area contributed by atoms with Crippen LogP contribution in [-0.2, 0) is 0 Å². The van der Waals surface area contributed by atoms with Crippen molar-refractivity contribution in [1.29, 1.82) is 0 Å². The van der Waals surface area contributed by atoms with Crippen LogP contribution in [0, 0.1) is 5.82 Å². The van der Waals surface area contributed by atoms with Crippen LogP contribution in [0.1, 0.15) is 10.4 Å². The molecule has 3 N–H and O–H groups in total. The number of hydrogen-bond acceptors (Lipinski definition) is 5. The smallest absolute Gasteiger partial charge is 0.338 e. The molecule has 0 bridgehead atoms. The maximum Gasteiger partial charge on any atom is 0.338 e. The van der Waals surface area contributed by atoms with Gasteiger partial charge < -0.3 is 20.2 Å². The molecule has 17 heavy (non-hydrogen) atoms. The largest absolute Gasteiger partial charge is 0.478 e. The third kappa shape index (κ3) is 2.06. The molecule has 2 atom stereocenters. The highest BCUT2D eigenvalue weighted by Gasteiger charge is 2.32. The lowest BCUT2D eigenvalue weighted by Crippen LogP contribution is -2.24.